The Kier molecular flexibility index (Phi) is 4.01. The Labute approximate surface area is 150 Å². The van der Waals surface area contributed by atoms with Gasteiger partial charge in [0.25, 0.3) is 0 Å². The van der Waals surface area contributed by atoms with Gasteiger partial charge in [0, 0.05) is 23.2 Å². The van der Waals surface area contributed by atoms with E-state index < -0.39 is 0 Å². The van der Waals surface area contributed by atoms with Gasteiger partial charge in [-0.05, 0) is 37.1 Å². The molecule has 0 saturated heterocycles. The Morgan fingerprint density at radius 1 is 1.23 bits per heavy atom. The number of aromatic amines is 1. The van der Waals surface area contributed by atoms with Crippen LogP contribution in [0.15, 0.2) is 53.3 Å². The molecule has 0 bridgehead atoms. The van der Waals surface area contributed by atoms with Crippen molar-refractivity contribution in [2.45, 2.75) is 20.3 Å². The van der Waals surface area contributed by atoms with Gasteiger partial charge in [-0.2, -0.15) is 5.10 Å². The molecule has 0 spiro atoms. The summed E-state index contributed by atoms with van der Waals surface area (Å²) in [4.78, 5) is 16.7. The van der Waals surface area contributed by atoms with E-state index in [2.05, 4.69) is 20.5 Å². The summed E-state index contributed by atoms with van der Waals surface area (Å²) < 4.78 is 5.66. The molecule has 26 heavy (non-hydrogen) atoms. The highest BCUT2D eigenvalue weighted by atomic mass is 16.3. The van der Waals surface area contributed by atoms with Crippen LogP contribution < -0.4 is 5.32 Å². The van der Waals surface area contributed by atoms with Crippen molar-refractivity contribution >= 4 is 22.7 Å². The first-order chi connectivity index (χ1) is 12.6. The molecule has 6 nitrogen and oxygen atoms in total. The standard InChI is InChI=1S/C20H18N4O2/c1-12-6-7-15-14(11-26-20(15)13(12)2)9-19(25)22-18-10-17(23-24-18)16-5-3-4-8-21-16/h3-8,10-11H,9H2,1-2H3,(H2,22,23,24,25). The second-order valence-electron chi connectivity index (χ2n) is 6.25. The fraction of sp³-hybridized carbons (Fsp3) is 0.150. The summed E-state index contributed by atoms with van der Waals surface area (Å²) in [5.41, 5.74) is 5.49. The number of nitrogens with one attached hydrogen (secondary N) is 2. The Morgan fingerprint density at radius 3 is 2.92 bits per heavy atom. The van der Waals surface area contributed by atoms with E-state index in [4.69, 9.17) is 4.42 Å². The zero-order chi connectivity index (χ0) is 18.1. The van der Waals surface area contributed by atoms with Gasteiger partial charge in [-0.15, -0.1) is 0 Å². The number of benzene rings is 1. The van der Waals surface area contributed by atoms with Crippen molar-refractivity contribution in [2.24, 2.45) is 0 Å². The minimum atomic E-state index is -0.148. The molecule has 0 saturated carbocycles. The Morgan fingerprint density at radius 2 is 2.12 bits per heavy atom. The van der Waals surface area contributed by atoms with Crippen LogP contribution in [0.4, 0.5) is 5.82 Å². The fourth-order valence-electron chi connectivity index (χ4n) is 2.92. The van der Waals surface area contributed by atoms with Gasteiger partial charge < -0.3 is 9.73 Å². The average Bonchev–Trinajstić information content (AvgIpc) is 3.27. The molecule has 1 aromatic carbocycles. The maximum atomic E-state index is 12.4. The van der Waals surface area contributed by atoms with Gasteiger partial charge in [0.05, 0.1) is 24.1 Å². The largest absolute Gasteiger partial charge is 0.464 e. The van der Waals surface area contributed by atoms with E-state index in [1.807, 2.05) is 44.2 Å². The summed E-state index contributed by atoms with van der Waals surface area (Å²) in [6.45, 7) is 4.06. The van der Waals surface area contributed by atoms with Crippen LogP contribution >= 0.6 is 0 Å². The number of hydrogen-bond acceptors (Lipinski definition) is 4. The first-order valence-corrected chi connectivity index (χ1v) is 8.35. The molecular weight excluding hydrogens is 328 g/mol. The quantitative estimate of drug-likeness (QED) is 0.585. The molecule has 4 rings (SSSR count). The predicted octanol–water partition coefficient (Wildman–Crippen LogP) is 4.02. The van der Waals surface area contributed by atoms with Gasteiger partial charge in [0.2, 0.25) is 5.91 Å². The van der Waals surface area contributed by atoms with Crippen molar-refractivity contribution in [3.8, 4) is 11.4 Å². The number of fused-ring (bicyclic) bond motifs is 1. The lowest BCUT2D eigenvalue weighted by molar-refractivity contribution is -0.115. The highest BCUT2D eigenvalue weighted by Crippen LogP contribution is 2.27. The van der Waals surface area contributed by atoms with Gasteiger partial charge in [0.15, 0.2) is 5.82 Å². The number of hydrogen-bond donors (Lipinski definition) is 2. The molecule has 6 heteroatoms. The topological polar surface area (TPSA) is 83.8 Å². The Bertz CT molecular complexity index is 1080. The number of nitrogens with zero attached hydrogens (tertiary/aromatic N) is 2. The molecule has 0 aliphatic carbocycles. The van der Waals surface area contributed by atoms with Gasteiger partial charge in [-0.25, -0.2) is 0 Å². The number of rotatable bonds is 4. The number of carbonyl (C=O) groups excluding carboxylic acids is 1. The summed E-state index contributed by atoms with van der Waals surface area (Å²) in [6.07, 6.45) is 3.59. The number of carbonyl (C=O) groups is 1. The zero-order valence-corrected chi connectivity index (χ0v) is 14.5. The summed E-state index contributed by atoms with van der Waals surface area (Å²) >= 11 is 0. The van der Waals surface area contributed by atoms with Gasteiger partial charge >= 0.3 is 0 Å². The predicted molar refractivity (Wildman–Crippen MR) is 99.8 cm³/mol. The zero-order valence-electron chi connectivity index (χ0n) is 14.5. The van der Waals surface area contributed by atoms with Crippen LogP contribution in [0.2, 0.25) is 0 Å². The van der Waals surface area contributed by atoms with Crippen LogP contribution in [0.25, 0.3) is 22.4 Å². The van der Waals surface area contributed by atoms with Gasteiger partial charge in [-0.1, -0.05) is 18.2 Å². The molecule has 3 aromatic heterocycles. The van der Waals surface area contributed by atoms with Crippen molar-refractivity contribution < 1.29 is 9.21 Å². The van der Waals surface area contributed by atoms with E-state index in [-0.39, 0.29) is 12.3 Å². The number of furan rings is 1. The molecule has 0 aliphatic heterocycles. The summed E-state index contributed by atoms with van der Waals surface area (Å²) in [7, 11) is 0. The number of pyridine rings is 1. The first-order valence-electron chi connectivity index (χ1n) is 8.35. The lowest BCUT2D eigenvalue weighted by atomic mass is 10.0. The Balaban J connectivity index is 1.50. The summed E-state index contributed by atoms with van der Waals surface area (Å²) in [5, 5.41) is 10.8. The molecule has 0 unspecified atom stereocenters. The van der Waals surface area contributed by atoms with Crippen molar-refractivity contribution in [3.63, 3.8) is 0 Å². The third-order valence-corrected chi connectivity index (χ3v) is 4.48. The lowest BCUT2D eigenvalue weighted by Gasteiger charge is -2.02. The maximum absolute atomic E-state index is 12.4. The van der Waals surface area contributed by atoms with Crippen LogP contribution in [-0.4, -0.2) is 21.1 Å². The molecule has 0 radical (unpaired) electrons. The number of H-pyrrole nitrogens is 1. The number of aryl methyl sites for hydroxylation is 2. The summed E-state index contributed by atoms with van der Waals surface area (Å²) in [6, 6.07) is 11.4. The molecule has 0 fully saturated rings. The van der Waals surface area contributed by atoms with Gasteiger partial charge in [0.1, 0.15) is 5.58 Å². The number of aromatic nitrogens is 3. The van der Waals surface area contributed by atoms with Crippen molar-refractivity contribution in [1.29, 1.82) is 0 Å². The molecule has 3 heterocycles. The monoisotopic (exact) mass is 346 g/mol. The van der Waals surface area contributed by atoms with Crippen LogP contribution in [-0.2, 0) is 11.2 Å². The van der Waals surface area contributed by atoms with Crippen LogP contribution in [0.5, 0.6) is 0 Å². The van der Waals surface area contributed by atoms with Gasteiger partial charge in [-0.3, -0.25) is 14.9 Å². The van der Waals surface area contributed by atoms with E-state index >= 15 is 0 Å². The molecule has 1 amide bonds. The molecule has 130 valence electrons. The lowest BCUT2D eigenvalue weighted by Crippen LogP contribution is -2.14. The molecular formula is C20H18N4O2. The van der Waals surface area contributed by atoms with E-state index in [1.54, 1.807) is 18.5 Å². The summed E-state index contributed by atoms with van der Waals surface area (Å²) in [5.74, 6) is 0.320. The highest BCUT2D eigenvalue weighted by molar-refractivity contribution is 5.95. The molecule has 4 aromatic rings. The minimum Gasteiger partial charge on any atom is -0.464 e. The smallest absolute Gasteiger partial charge is 0.230 e. The maximum Gasteiger partial charge on any atom is 0.230 e. The van der Waals surface area contributed by atoms with Crippen molar-refractivity contribution in [1.82, 2.24) is 15.2 Å². The Hall–Kier alpha value is -3.41. The van der Waals surface area contributed by atoms with Crippen LogP contribution in [0.3, 0.4) is 0 Å². The second-order valence-corrected chi connectivity index (χ2v) is 6.25. The number of anilines is 1. The molecule has 0 atom stereocenters. The fourth-order valence-corrected chi connectivity index (χ4v) is 2.92. The van der Waals surface area contributed by atoms with Crippen molar-refractivity contribution in [2.75, 3.05) is 5.32 Å². The van der Waals surface area contributed by atoms with Crippen LogP contribution in [0, 0.1) is 13.8 Å². The highest BCUT2D eigenvalue weighted by Gasteiger charge is 2.14. The second kappa shape index (κ2) is 6.48. The first kappa shape index (κ1) is 16.1. The third-order valence-electron chi connectivity index (χ3n) is 4.48. The van der Waals surface area contributed by atoms with E-state index in [9.17, 15) is 4.79 Å². The van der Waals surface area contributed by atoms with Crippen LogP contribution in [0.1, 0.15) is 16.7 Å². The molecule has 0 aliphatic rings. The normalized spacial score (nSPS) is 11.0. The number of amides is 1. The van der Waals surface area contributed by atoms with E-state index in [1.165, 1.54) is 5.56 Å². The van der Waals surface area contributed by atoms with E-state index in [0.717, 1.165) is 33.5 Å². The van der Waals surface area contributed by atoms with Crippen molar-refractivity contribution in [3.05, 3.63) is 65.5 Å². The SMILES string of the molecule is Cc1ccc2c(CC(=O)Nc3cc(-c4ccccn4)[nH]n3)coc2c1C. The third kappa shape index (κ3) is 2.97. The van der Waals surface area contributed by atoms with E-state index in [0.29, 0.717) is 5.82 Å². The molecule has 2 N–H and O–H groups in total. The average molecular weight is 346 g/mol. The minimum absolute atomic E-state index is 0.148.